The first-order valence-electron chi connectivity index (χ1n) is 6.15. The lowest BCUT2D eigenvalue weighted by molar-refractivity contribution is -0.254. The molecule has 16 heavy (non-hydrogen) atoms. The van der Waals surface area contributed by atoms with Crippen LogP contribution in [0.5, 0.6) is 0 Å². The summed E-state index contributed by atoms with van der Waals surface area (Å²) in [5.41, 5.74) is 1.10. The Morgan fingerprint density at radius 3 is 3.06 bits per heavy atom. The Balaban J connectivity index is 2.04. The lowest BCUT2D eigenvalue weighted by Crippen LogP contribution is -2.40. The van der Waals surface area contributed by atoms with E-state index in [1.54, 1.807) is 6.26 Å². The molecule has 0 aromatic heterocycles. The Labute approximate surface area is 97.0 Å². The Kier molecular flexibility index (Phi) is 3.50. The van der Waals surface area contributed by atoms with Crippen molar-refractivity contribution in [3.05, 3.63) is 11.8 Å². The number of ether oxygens (including phenoxy) is 2. The summed E-state index contributed by atoms with van der Waals surface area (Å²) in [5, 5.41) is 8.68. The highest BCUT2D eigenvalue weighted by atomic mass is 16.7. The van der Waals surface area contributed by atoms with Gasteiger partial charge in [-0.25, -0.2) is 0 Å². The van der Waals surface area contributed by atoms with Crippen molar-refractivity contribution in [2.75, 3.05) is 0 Å². The molecule has 1 fully saturated rings. The Morgan fingerprint density at radius 2 is 2.31 bits per heavy atom. The summed E-state index contributed by atoms with van der Waals surface area (Å²) in [4.78, 5) is 0. The highest BCUT2D eigenvalue weighted by Crippen LogP contribution is 2.37. The van der Waals surface area contributed by atoms with Crippen molar-refractivity contribution in [2.45, 2.75) is 63.8 Å². The zero-order valence-corrected chi connectivity index (χ0v) is 9.87. The van der Waals surface area contributed by atoms with Crippen LogP contribution in [0, 0.1) is 11.3 Å². The molecular formula is C13H19NO2. The molecule has 0 amide bonds. The van der Waals surface area contributed by atoms with Crippen molar-refractivity contribution in [2.24, 2.45) is 0 Å². The second kappa shape index (κ2) is 4.88. The van der Waals surface area contributed by atoms with Gasteiger partial charge in [0.15, 0.2) is 0 Å². The van der Waals surface area contributed by atoms with Crippen LogP contribution in [0.15, 0.2) is 11.8 Å². The SMILES string of the molecule is C[C@@H]1CCC[C@]2(CCCC(CC#N)=CO2)O1. The summed E-state index contributed by atoms with van der Waals surface area (Å²) < 4.78 is 11.8. The van der Waals surface area contributed by atoms with Crippen LogP contribution in [0.25, 0.3) is 0 Å². The lowest BCUT2D eigenvalue weighted by atomic mass is 9.96. The maximum absolute atomic E-state index is 8.68. The highest BCUT2D eigenvalue weighted by Gasteiger charge is 2.37. The molecule has 0 bridgehead atoms. The molecule has 3 heteroatoms. The van der Waals surface area contributed by atoms with Crippen molar-refractivity contribution < 1.29 is 9.47 Å². The molecule has 3 nitrogen and oxygen atoms in total. The molecule has 0 saturated carbocycles. The van der Waals surface area contributed by atoms with Crippen LogP contribution < -0.4 is 0 Å². The minimum Gasteiger partial charge on any atom is -0.470 e. The fourth-order valence-corrected chi connectivity index (χ4v) is 2.54. The zero-order chi connectivity index (χ0) is 11.4. The van der Waals surface area contributed by atoms with Gasteiger partial charge in [-0.05, 0) is 38.2 Å². The van der Waals surface area contributed by atoms with Gasteiger partial charge in [-0.3, -0.25) is 0 Å². The summed E-state index contributed by atoms with van der Waals surface area (Å²) >= 11 is 0. The zero-order valence-electron chi connectivity index (χ0n) is 9.87. The molecular weight excluding hydrogens is 202 g/mol. The van der Waals surface area contributed by atoms with Gasteiger partial charge in [0.05, 0.1) is 24.9 Å². The van der Waals surface area contributed by atoms with E-state index in [4.69, 9.17) is 14.7 Å². The van der Waals surface area contributed by atoms with E-state index in [9.17, 15) is 0 Å². The van der Waals surface area contributed by atoms with Gasteiger partial charge >= 0.3 is 0 Å². The van der Waals surface area contributed by atoms with Gasteiger partial charge in [0.1, 0.15) is 0 Å². The van der Waals surface area contributed by atoms with Gasteiger partial charge < -0.3 is 9.47 Å². The van der Waals surface area contributed by atoms with E-state index >= 15 is 0 Å². The van der Waals surface area contributed by atoms with Gasteiger partial charge in [0.2, 0.25) is 5.79 Å². The van der Waals surface area contributed by atoms with Crippen LogP contribution in [0.4, 0.5) is 0 Å². The van der Waals surface area contributed by atoms with Crippen LogP contribution in [-0.4, -0.2) is 11.9 Å². The fourth-order valence-electron chi connectivity index (χ4n) is 2.54. The number of allylic oxidation sites excluding steroid dienone is 1. The van der Waals surface area contributed by atoms with Crippen LogP contribution in [0.2, 0.25) is 0 Å². The molecule has 2 rings (SSSR count). The summed E-state index contributed by atoms with van der Waals surface area (Å²) in [5.74, 6) is -0.394. The molecule has 2 aliphatic heterocycles. The predicted octanol–water partition coefficient (Wildman–Crippen LogP) is 3.27. The number of nitrogens with zero attached hydrogens (tertiary/aromatic N) is 1. The topological polar surface area (TPSA) is 42.2 Å². The van der Waals surface area contributed by atoms with Gasteiger partial charge in [0.25, 0.3) is 0 Å². The predicted molar refractivity (Wildman–Crippen MR) is 60.4 cm³/mol. The van der Waals surface area contributed by atoms with E-state index in [-0.39, 0.29) is 0 Å². The average molecular weight is 221 g/mol. The van der Waals surface area contributed by atoms with Gasteiger partial charge in [-0.2, -0.15) is 5.26 Å². The van der Waals surface area contributed by atoms with Gasteiger partial charge in [0, 0.05) is 12.8 Å². The highest BCUT2D eigenvalue weighted by molar-refractivity contribution is 5.07. The van der Waals surface area contributed by atoms with Crippen molar-refractivity contribution in [3.63, 3.8) is 0 Å². The van der Waals surface area contributed by atoms with Crippen molar-refractivity contribution in [3.8, 4) is 6.07 Å². The molecule has 0 radical (unpaired) electrons. The fraction of sp³-hybridized carbons (Fsp3) is 0.769. The second-order valence-corrected chi connectivity index (χ2v) is 4.81. The van der Waals surface area contributed by atoms with Crippen LogP contribution in [0.3, 0.4) is 0 Å². The smallest absolute Gasteiger partial charge is 0.209 e. The third-order valence-electron chi connectivity index (χ3n) is 3.39. The molecule has 0 aromatic carbocycles. The van der Waals surface area contributed by atoms with Crippen molar-refractivity contribution in [1.29, 1.82) is 5.26 Å². The Morgan fingerprint density at radius 1 is 1.50 bits per heavy atom. The van der Waals surface area contributed by atoms with Gasteiger partial charge in [-0.1, -0.05) is 0 Å². The molecule has 2 aliphatic rings. The van der Waals surface area contributed by atoms with Gasteiger partial charge in [-0.15, -0.1) is 0 Å². The first-order valence-corrected chi connectivity index (χ1v) is 6.15. The van der Waals surface area contributed by atoms with E-state index < -0.39 is 5.79 Å². The van der Waals surface area contributed by atoms with Crippen LogP contribution in [-0.2, 0) is 9.47 Å². The minimum absolute atomic E-state index is 0.291. The molecule has 2 atom stereocenters. The number of nitriles is 1. The monoisotopic (exact) mass is 221 g/mol. The van der Waals surface area contributed by atoms with E-state index in [0.29, 0.717) is 12.5 Å². The summed E-state index contributed by atoms with van der Waals surface area (Å²) in [6.07, 6.45) is 8.78. The first-order chi connectivity index (χ1) is 7.74. The molecule has 0 aromatic rings. The number of hydrogen-bond donors (Lipinski definition) is 0. The quantitative estimate of drug-likeness (QED) is 0.682. The van der Waals surface area contributed by atoms with E-state index in [2.05, 4.69) is 13.0 Å². The Bertz CT molecular complexity index is 318. The van der Waals surface area contributed by atoms with Crippen LogP contribution >= 0.6 is 0 Å². The standard InChI is InChI=1S/C13H19NO2/c1-11-4-2-7-13(16-11)8-3-5-12(6-9-14)10-15-13/h10-11H,2-8H2,1H3/t11-,13-/m1/s1. The number of rotatable bonds is 1. The van der Waals surface area contributed by atoms with Crippen molar-refractivity contribution >= 4 is 0 Å². The molecule has 2 heterocycles. The third-order valence-corrected chi connectivity index (χ3v) is 3.39. The number of hydrogen-bond acceptors (Lipinski definition) is 3. The van der Waals surface area contributed by atoms with E-state index in [1.807, 2.05) is 0 Å². The summed E-state index contributed by atoms with van der Waals surface area (Å²) in [6.45, 7) is 2.11. The summed E-state index contributed by atoms with van der Waals surface area (Å²) in [6, 6.07) is 2.18. The third kappa shape index (κ3) is 2.56. The maximum atomic E-state index is 8.68. The Hall–Kier alpha value is -1.01. The van der Waals surface area contributed by atoms with E-state index in [1.165, 1.54) is 6.42 Å². The molecule has 1 spiro atoms. The minimum atomic E-state index is -0.394. The maximum Gasteiger partial charge on any atom is 0.209 e. The van der Waals surface area contributed by atoms with Crippen molar-refractivity contribution in [1.82, 2.24) is 0 Å². The summed E-state index contributed by atoms with van der Waals surface area (Å²) in [7, 11) is 0. The first kappa shape index (κ1) is 11.5. The molecule has 0 unspecified atom stereocenters. The lowest BCUT2D eigenvalue weighted by Gasteiger charge is -2.38. The molecule has 0 N–H and O–H groups in total. The second-order valence-electron chi connectivity index (χ2n) is 4.81. The molecule has 88 valence electrons. The van der Waals surface area contributed by atoms with E-state index in [0.717, 1.165) is 37.7 Å². The average Bonchev–Trinajstić information content (AvgIpc) is 2.43. The molecule has 0 aliphatic carbocycles. The molecule has 1 saturated heterocycles. The largest absolute Gasteiger partial charge is 0.470 e. The normalized spacial score (nSPS) is 34.8. The van der Waals surface area contributed by atoms with Crippen LogP contribution in [0.1, 0.15) is 51.9 Å².